The van der Waals surface area contributed by atoms with Gasteiger partial charge in [-0.05, 0) is 12.1 Å². The normalized spacial score (nSPS) is 19.4. The van der Waals surface area contributed by atoms with Crippen LogP contribution >= 0.6 is 0 Å². The fourth-order valence-electron chi connectivity index (χ4n) is 2.16. The van der Waals surface area contributed by atoms with E-state index in [9.17, 15) is 0 Å². The average molecular weight is 221 g/mol. The predicted molar refractivity (Wildman–Crippen MR) is 66.4 cm³/mol. The molecule has 1 aromatic rings. The molecule has 0 amide bonds. The van der Waals surface area contributed by atoms with E-state index in [-0.39, 0.29) is 0 Å². The van der Waals surface area contributed by atoms with E-state index in [4.69, 9.17) is 4.74 Å². The van der Waals surface area contributed by atoms with Crippen molar-refractivity contribution < 1.29 is 9.22 Å². The summed E-state index contributed by atoms with van der Waals surface area (Å²) in [7, 11) is 4.26. The predicted octanol–water partition coefficient (Wildman–Crippen LogP) is 1.71. The Morgan fingerprint density at radius 3 is 2.38 bits per heavy atom. The van der Waals surface area contributed by atoms with Crippen LogP contribution in [-0.4, -0.2) is 44.9 Å². The summed E-state index contributed by atoms with van der Waals surface area (Å²) in [5, 5.41) is 3.14. The second-order valence-corrected chi connectivity index (χ2v) is 4.78. The van der Waals surface area contributed by atoms with Crippen molar-refractivity contribution in [2.45, 2.75) is 6.54 Å². The van der Waals surface area contributed by atoms with Crippen molar-refractivity contribution in [1.82, 2.24) is 0 Å². The molecule has 0 bridgehead atoms. The molecule has 1 heterocycles. The van der Waals surface area contributed by atoms with Crippen LogP contribution in [0.25, 0.3) is 0 Å². The van der Waals surface area contributed by atoms with Crippen molar-refractivity contribution in [1.29, 1.82) is 0 Å². The van der Waals surface area contributed by atoms with Gasteiger partial charge >= 0.3 is 0 Å². The minimum Gasteiger partial charge on any atom is -0.388 e. The molecule has 1 aromatic carbocycles. The Balaban J connectivity index is 2.01. The molecule has 88 valence electrons. The Bertz CT molecular complexity index is 328. The lowest BCUT2D eigenvalue weighted by Crippen LogP contribution is -2.51. The summed E-state index contributed by atoms with van der Waals surface area (Å²) in [5.41, 5.74) is 2.58. The first kappa shape index (κ1) is 11.4. The fourth-order valence-corrected chi connectivity index (χ4v) is 2.16. The van der Waals surface area contributed by atoms with Crippen LogP contribution in [0.3, 0.4) is 0 Å². The fraction of sp³-hybridized carbons (Fsp3) is 0.538. The quantitative estimate of drug-likeness (QED) is 0.785. The van der Waals surface area contributed by atoms with Crippen molar-refractivity contribution in [3.05, 3.63) is 29.8 Å². The van der Waals surface area contributed by atoms with E-state index in [1.54, 1.807) is 0 Å². The Morgan fingerprint density at radius 2 is 1.81 bits per heavy atom. The van der Waals surface area contributed by atoms with Crippen LogP contribution in [0, 0.1) is 0 Å². The van der Waals surface area contributed by atoms with Crippen molar-refractivity contribution >= 4 is 5.69 Å². The summed E-state index contributed by atoms with van der Waals surface area (Å²) in [5.74, 6) is 0. The lowest BCUT2D eigenvalue weighted by atomic mass is 10.1. The highest BCUT2D eigenvalue weighted by Crippen LogP contribution is 2.16. The largest absolute Gasteiger partial charge is 0.388 e. The lowest BCUT2D eigenvalue weighted by molar-refractivity contribution is -0.929. The van der Waals surface area contributed by atoms with Crippen LogP contribution in [-0.2, 0) is 11.3 Å². The van der Waals surface area contributed by atoms with E-state index in [0.717, 1.165) is 37.3 Å². The standard InChI is InChI=1S/C13H21N2O/c1-14-13-5-3-12(4-6-13)11-15(2)7-9-16-10-8-15/h3-6,14H,7-11H2,1-2H3/q+1. The molecular weight excluding hydrogens is 200 g/mol. The van der Waals surface area contributed by atoms with Crippen LogP contribution in [0.2, 0.25) is 0 Å². The maximum absolute atomic E-state index is 5.41. The van der Waals surface area contributed by atoms with Gasteiger partial charge in [0.15, 0.2) is 0 Å². The number of rotatable bonds is 3. The van der Waals surface area contributed by atoms with Gasteiger partial charge in [0.25, 0.3) is 0 Å². The van der Waals surface area contributed by atoms with Crippen molar-refractivity contribution in [2.75, 3.05) is 45.7 Å². The number of morpholine rings is 1. The summed E-state index contributed by atoms with van der Waals surface area (Å²) in [4.78, 5) is 0. The third-order valence-corrected chi connectivity index (χ3v) is 3.36. The summed E-state index contributed by atoms with van der Waals surface area (Å²) in [6.07, 6.45) is 0. The van der Waals surface area contributed by atoms with Crippen LogP contribution in [0.15, 0.2) is 24.3 Å². The number of ether oxygens (including phenoxy) is 1. The van der Waals surface area contributed by atoms with Crippen LogP contribution in [0.4, 0.5) is 5.69 Å². The first-order valence-corrected chi connectivity index (χ1v) is 5.90. The molecule has 1 aliphatic rings. The minimum atomic E-state index is 0.894. The molecule has 1 aliphatic heterocycles. The zero-order chi connectivity index (χ0) is 11.4. The molecule has 2 rings (SSSR count). The summed E-state index contributed by atoms with van der Waals surface area (Å²) in [6, 6.07) is 8.71. The van der Waals surface area contributed by atoms with E-state index >= 15 is 0 Å². The molecule has 3 heteroatoms. The van der Waals surface area contributed by atoms with E-state index in [1.165, 1.54) is 11.3 Å². The SMILES string of the molecule is CNc1ccc(C[N+]2(C)CCOCC2)cc1. The number of quaternary nitrogens is 1. The van der Waals surface area contributed by atoms with Gasteiger partial charge in [0, 0.05) is 18.3 Å². The van der Waals surface area contributed by atoms with E-state index in [2.05, 4.69) is 36.6 Å². The summed E-state index contributed by atoms with van der Waals surface area (Å²) in [6.45, 7) is 5.13. The van der Waals surface area contributed by atoms with Crippen LogP contribution < -0.4 is 5.32 Å². The van der Waals surface area contributed by atoms with Gasteiger partial charge in [-0.3, -0.25) is 0 Å². The van der Waals surface area contributed by atoms with Gasteiger partial charge < -0.3 is 14.5 Å². The third kappa shape index (κ3) is 2.74. The van der Waals surface area contributed by atoms with E-state index < -0.39 is 0 Å². The highest BCUT2D eigenvalue weighted by molar-refractivity contribution is 5.43. The van der Waals surface area contributed by atoms with E-state index in [0.29, 0.717) is 0 Å². The number of anilines is 1. The van der Waals surface area contributed by atoms with Gasteiger partial charge in [0.05, 0.1) is 20.3 Å². The first-order valence-electron chi connectivity index (χ1n) is 5.90. The molecule has 0 radical (unpaired) electrons. The zero-order valence-corrected chi connectivity index (χ0v) is 10.2. The molecule has 0 aromatic heterocycles. The van der Waals surface area contributed by atoms with E-state index in [1.807, 2.05) is 7.05 Å². The number of likely N-dealkylation sites (N-methyl/N-ethyl adjacent to an activating group) is 1. The molecule has 1 N–H and O–H groups in total. The van der Waals surface area contributed by atoms with Crippen LogP contribution in [0.5, 0.6) is 0 Å². The van der Waals surface area contributed by atoms with Crippen molar-refractivity contribution in [3.63, 3.8) is 0 Å². The van der Waals surface area contributed by atoms with Gasteiger partial charge in [-0.25, -0.2) is 0 Å². The maximum atomic E-state index is 5.41. The molecule has 16 heavy (non-hydrogen) atoms. The second-order valence-electron chi connectivity index (χ2n) is 4.78. The number of benzene rings is 1. The van der Waals surface area contributed by atoms with Gasteiger partial charge in [-0.2, -0.15) is 0 Å². The molecule has 0 aliphatic carbocycles. The molecule has 0 unspecified atom stereocenters. The van der Waals surface area contributed by atoms with Gasteiger partial charge in [-0.15, -0.1) is 0 Å². The summed E-state index contributed by atoms with van der Waals surface area (Å²) < 4.78 is 6.51. The first-order chi connectivity index (χ1) is 7.72. The lowest BCUT2D eigenvalue weighted by Gasteiger charge is -2.37. The topological polar surface area (TPSA) is 21.3 Å². The van der Waals surface area contributed by atoms with Crippen molar-refractivity contribution in [2.24, 2.45) is 0 Å². The Labute approximate surface area is 97.6 Å². The average Bonchev–Trinajstić information content (AvgIpc) is 2.30. The zero-order valence-electron chi connectivity index (χ0n) is 10.2. The third-order valence-electron chi connectivity index (χ3n) is 3.36. The Morgan fingerprint density at radius 1 is 1.19 bits per heavy atom. The molecule has 1 saturated heterocycles. The smallest absolute Gasteiger partial charge is 0.104 e. The van der Waals surface area contributed by atoms with Gasteiger partial charge in [0.2, 0.25) is 0 Å². The summed E-state index contributed by atoms with van der Waals surface area (Å²) >= 11 is 0. The number of hydrogen-bond donors (Lipinski definition) is 1. The van der Waals surface area contributed by atoms with Crippen LogP contribution in [0.1, 0.15) is 5.56 Å². The highest BCUT2D eigenvalue weighted by atomic mass is 16.5. The highest BCUT2D eigenvalue weighted by Gasteiger charge is 2.25. The molecular formula is C13H21N2O+. The monoisotopic (exact) mass is 221 g/mol. The van der Waals surface area contributed by atoms with Gasteiger partial charge in [0.1, 0.15) is 19.6 Å². The second kappa shape index (κ2) is 4.85. The molecule has 0 atom stereocenters. The number of nitrogens with one attached hydrogen (secondary N) is 1. The maximum Gasteiger partial charge on any atom is 0.104 e. The molecule has 1 fully saturated rings. The number of nitrogens with zero attached hydrogens (tertiary/aromatic N) is 1. The Kier molecular flexibility index (Phi) is 3.46. The minimum absolute atomic E-state index is 0.894. The molecule has 0 saturated carbocycles. The van der Waals surface area contributed by atoms with Crippen molar-refractivity contribution in [3.8, 4) is 0 Å². The number of hydrogen-bond acceptors (Lipinski definition) is 2. The Hall–Kier alpha value is -1.06. The molecule has 3 nitrogen and oxygen atoms in total. The van der Waals surface area contributed by atoms with Gasteiger partial charge in [-0.1, -0.05) is 12.1 Å². The molecule has 0 spiro atoms.